The number of carbonyl (C=O) groups is 2. The molecule has 2 aliphatic rings. The molecule has 1 saturated carbocycles. The predicted octanol–water partition coefficient (Wildman–Crippen LogP) is 4.69. The molecule has 6 heteroatoms. The molecule has 1 spiro atoms. The molecular formula is C20H26ClNO4. The van der Waals surface area contributed by atoms with Crippen molar-refractivity contribution in [3.05, 3.63) is 34.9 Å². The molecule has 0 radical (unpaired) electrons. The maximum absolute atomic E-state index is 12.8. The summed E-state index contributed by atoms with van der Waals surface area (Å²) in [4.78, 5) is 26.6. The summed E-state index contributed by atoms with van der Waals surface area (Å²) >= 11 is 5.95. The van der Waals surface area contributed by atoms with Crippen LogP contribution in [0.4, 0.5) is 4.79 Å². The van der Waals surface area contributed by atoms with Gasteiger partial charge in [-0.05, 0) is 63.1 Å². The van der Waals surface area contributed by atoms with Crippen LogP contribution >= 0.6 is 11.6 Å². The van der Waals surface area contributed by atoms with Crippen molar-refractivity contribution < 1.29 is 19.4 Å². The van der Waals surface area contributed by atoms with Crippen molar-refractivity contribution in [2.24, 2.45) is 5.41 Å². The lowest BCUT2D eigenvalue weighted by Crippen LogP contribution is -2.44. The lowest BCUT2D eigenvalue weighted by Gasteiger charge is -2.38. The van der Waals surface area contributed by atoms with E-state index in [4.69, 9.17) is 16.3 Å². The van der Waals surface area contributed by atoms with E-state index < -0.39 is 29.6 Å². The average molecular weight is 380 g/mol. The summed E-state index contributed by atoms with van der Waals surface area (Å²) in [5, 5.41) is 10.5. The average Bonchev–Trinajstić information content (AvgIpc) is 2.88. The smallest absolute Gasteiger partial charge is 0.410 e. The van der Waals surface area contributed by atoms with Crippen LogP contribution in [0.15, 0.2) is 24.3 Å². The van der Waals surface area contributed by atoms with Gasteiger partial charge in [-0.25, -0.2) is 4.79 Å². The molecule has 0 bridgehead atoms. The first-order chi connectivity index (χ1) is 12.1. The molecule has 1 amide bonds. The van der Waals surface area contributed by atoms with Crippen LogP contribution in [0.1, 0.15) is 57.9 Å². The third-order valence-electron chi connectivity index (χ3n) is 5.47. The first kappa shape index (κ1) is 19.0. The number of likely N-dealkylation sites (tertiary alicyclic amines) is 1. The number of ether oxygens (including phenoxy) is 1. The maximum Gasteiger partial charge on any atom is 0.410 e. The Morgan fingerprint density at radius 2 is 1.88 bits per heavy atom. The van der Waals surface area contributed by atoms with Gasteiger partial charge in [-0.3, -0.25) is 4.79 Å². The maximum atomic E-state index is 12.8. The molecule has 1 aliphatic heterocycles. The summed E-state index contributed by atoms with van der Waals surface area (Å²) < 4.78 is 5.57. The summed E-state index contributed by atoms with van der Waals surface area (Å²) in [6.07, 6.45) is 3.48. The molecule has 1 aliphatic carbocycles. The van der Waals surface area contributed by atoms with Crippen molar-refractivity contribution >= 4 is 23.7 Å². The number of halogens is 1. The van der Waals surface area contributed by atoms with E-state index in [0.29, 0.717) is 23.6 Å². The highest BCUT2D eigenvalue weighted by molar-refractivity contribution is 6.30. The van der Waals surface area contributed by atoms with Gasteiger partial charge in [0, 0.05) is 11.6 Å². The second kappa shape index (κ2) is 6.76. The van der Waals surface area contributed by atoms with E-state index in [1.807, 2.05) is 20.8 Å². The minimum atomic E-state index is -0.928. The lowest BCUT2D eigenvalue weighted by atomic mass is 9.66. The summed E-state index contributed by atoms with van der Waals surface area (Å²) in [5.41, 5.74) is 0.0920. The number of amides is 1. The fourth-order valence-corrected chi connectivity index (χ4v) is 4.28. The van der Waals surface area contributed by atoms with Gasteiger partial charge in [-0.2, -0.15) is 0 Å². The molecule has 3 rings (SSSR count). The van der Waals surface area contributed by atoms with Crippen LogP contribution in [0, 0.1) is 5.41 Å². The van der Waals surface area contributed by atoms with Crippen LogP contribution in [0.3, 0.4) is 0 Å². The lowest BCUT2D eigenvalue weighted by molar-refractivity contribution is -0.140. The second-order valence-electron chi connectivity index (χ2n) is 8.60. The Kier molecular flexibility index (Phi) is 4.95. The van der Waals surface area contributed by atoms with Gasteiger partial charge in [0.15, 0.2) is 0 Å². The molecular weight excluding hydrogens is 354 g/mol. The number of aliphatic carboxylic acids is 1. The Balaban J connectivity index is 1.92. The largest absolute Gasteiger partial charge is 0.481 e. The second-order valence-corrected chi connectivity index (χ2v) is 9.04. The van der Waals surface area contributed by atoms with Gasteiger partial charge in [0.1, 0.15) is 11.5 Å². The zero-order valence-electron chi connectivity index (χ0n) is 15.5. The predicted molar refractivity (Wildman–Crippen MR) is 99.5 cm³/mol. The molecule has 1 heterocycles. The van der Waals surface area contributed by atoms with Gasteiger partial charge in [-0.15, -0.1) is 0 Å². The number of hydrogen-bond donors (Lipinski definition) is 1. The van der Waals surface area contributed by atoms with Crippen molar-refractivity contribution in [1.82, 2.24) is 4.90 Å². The Bertz CT molecular complexity index is 691. The van der Waals surface area contributed by atoms with E-state index in [1.165, 1.54) is 0 Å². The Labute approximate surface area is 159 Å². The SMILES string of the molecule is CC(C)(C)OC(=O)N1CC2(CCC2)C[C@H]1C(C(=O)O)c1ccc(Cl)cc1. The van der Waals surface area contributed by atoms with Crippen LogP contribution in [0.2, 0.25) is 5.02 Å². The number of benzene rings is 1. The van der Waals surface area contributed by atoms with Gasteiger partial charge in [-0.1, -0.05) is 30.2 Å². The first-order valence-electron chi connectivity index (χ1n) is 9.08. The van der Waals surface area contributed by atoms with Gasteiger partial charge >= 0.3 is 12.1 Å². The molecule has 26 heavy (non-hydrogen) atoms. The summed E-state index contributed by atoms with van der Waals surface area (Å²) in [5.74, 6) is -1.72. The summed E-state index contributed by atoms with van der Waals surface area (Å²) in [7, 11) is 0. The number of carboxylic acids is 1. The Hall–Kier alpha value is -1.75. The molecule has 1 saturated heterocycles. The van der Waals surface area contributed by atoms with E-state index >= 15 is 0 Å². The van der Waals surface area contributed by atoms with E-state index in [-0.39, 0.29) is 5.41 Å². The Morgan fingerprint density at radius 1 is 1.27 bits per heavy atom. The fraction of sp³-hybridized carbons (Fsp3) is 0.600. The molecule has 1 aromatic carbocycles. The van der Waals surface area contributed by atoms with Crippen LogP contribution in [-0.2, 0) is 9.53 Å². The molecule has 2 fully saturated rings. The Morgan fingerprint density at radius 3 is 2.35 bits per heavy atom. The molecule has 0 aromatic heterocycles. The topological polar surface area (TPSA) is 66.8 Å². The number of hydrogen-bond acceptors (Lipinski definition) is 3. The summed E-state index contributed by atoms with van der Waals surface area (Å²) in [6, 6.07) is 6.45. The standard InChI is InChI=1S/C20H26ClNO4/c1-19(2,3)26-18(25)22-12-20(9-4-10-20)11-15(22)16(17(23)24)13-5-7-14(21)8-6-13/h5-8,15-16H,4,9-12H2,1-3H3,(H,23,24)/t15-,16?/m0/s1. The molecule has 142 valence electrons. The minimum absolute atomic E-state index is 0.0433. The van der Waals surface area contributed by atoms with E-state index in [2.05, 4.69) is 0 Å². The first-order valence-corrected chi connectivity index (χ1v) is 9.46. The van der Waals surface area contributed by atoms with Crippen molar-refractivity contribution in [1.29, 1.82) is 0 Å². The van der Waals surface area contributed by atoms with E-state index in [0.717, 1.165) is 19.3 Å². The monoisotopic (exact) mass is 379 g/mol. The molecule has 2 atom stereocenters. The van der Waals surface area contributed by atoms with Crippen molar-refractivity contribution in [3.63, 3.8) is 0 Å². The molecule has 5 nitrogen and oxygen atoms in total. The number of carboxylic acid groups (broad SMARTS) is 1. The van der Waals surface area contributed by atoms with Crippen molar-refractivity contribution in [3.8, 4) is 0 Å². The van der Waals surface area contributed by atoms with E-state index in [9.17, 15) is 14.7 Å². The number of carbonyl (C=O) groups excluding carboxylic acids is 1. The summed E-state index contributed by atoms with van der Waals surface area (Å²) in [6.45, 7) is 6.04. The molecule has 1 unspecified atom stereocenters. The molecule has 1 aromatic rings. The van der Waals surface area contributed by atoms with Gasteiger partial charge < -0.3 is 14.7 Å². The van der Waals surface area contributed by atoms with Crippen LogP contribution in [-0.4, -0.2) is 40.3 Å². The van der Waals surface area contributed by atoms with E-state index in [1.54, 1.807) is 29.2 Å². The highest BCUT2D eigenvalue weighted by Crippen LogP contribution is 2.53. The van der Waals surface area contributed by atoms with Crippen molar-refractivity contribution in [2.75, 3.05) is 6.54 Å². The highest BCUT2D eigenvalue weighted by atomic mass is 35.5. The van der Waals surface area contributed by atoms with Crippen molar-refractivity contribution in [2.45, 2.75) is 64.0 Å². The zero-order chi connectivity index (χ0) is 19.1. The van der Waals surface area contributed by atoms with Crippen LogP contribution in [0.5, 0.6) is 0 Å². The third-order valence-corrected chi connectivity index (χ3v) is 5.72. The van der Waals surface area contributed by atoms with Gasteiger partial charge in [0.2, 0.25) is 0 Å². The van der Waals surface area contributed by atoms with Gasteiger partial charge in [0.25, 0.3) is 0 Å². The van der Waals surface area contributed by atoms with Gasteiger partial charge in [0.05, 0.1) is 6.04 Å². The number of rotatable bonds is 3. The van der Waals surface area contributed by atoms with Crippen LogP contribution < -0.4 is 0 Å². The zero-order valence-corrected chi connectivity index (χ0v) is 16.3. The molecule has 1 N–H and O–H groups in total. The van der Waals surface area contributed by atoms with Crippen LogP contribution in [0.25, 0.3) is 0 Å². The quantitative estimate of drug-likeness (QED) is 0.827. The normalized spacial score (nSPS) is 22.8. The third kappa shape index (κ3) is 3.83. The fourth-order valence-electron chi connectivity index (χ4n) is 4.15. The number of nitrogens with zero attached hydrogens (tertiary/aromatic N) is 1. The minimum Gasteiger partial charge on any atom is -0.481 e. The highest BCUT2D eigenvalue weighted by Gasteiger charge is 2.53.